The molecule has 2 aliphatic heterocycles. The lowest BCUT2D eigenvalue weighted by Gasteiger charge is -2.25. The Morgan fingerprint density at radius 1 is 1.19 bits per heavy atom. The zero-order chi connectivity index (χ0) is 14.5. The fourth-order valence-corrected chi connectivity index (χ4v) is 3.53. The summed E-state index contributed by atoms with van der Waals surface area (Å²) in [5.41, 5.74) is 2.72. The van der Waals surface area contributed by atoms with E-state index in [1.165, 1.54) is 49.9 Å². The number of ether oxygens (including phenoxy) is 1. The molecule has 2 fully saturated rings. The molecule has 0 aromatic heterocycles. The van der Waals surface area contributed by atoms with Crippen LogP contribution in [0, 0.1) is 6.92 Å². The number of benzene rings is 1. The molecule has 0 radical (unpaired) electrons. The van der Waals surface area contributed by atoms with E-state index < -0.39 is 0 Å². The first-order chi connectivity index (χ1) is 10.3. The largest absolute Gasteiger partial charge is 0.492 e. The van der Waals surface area contributed by atoms with Crippen molar-refractivity contribution >= 4 is 0 Å². The van der Waals surface area contributed by atoms with Crippen LogP contribution in [0.5, 0.6) is 5.75 Å². The third kappa shape index (κ3) is 3.98. The van der Waals surface area contributed by atoms with Crippen LogP contribution in [0.2, 0.25) is 0 Å². The molecule has 3 rings (SSSR count). The van der Waals surface area contributed by atoms with Crippen LogP contribution in [0.1, 0.15) is 42.7 Å². The Kier molecular flexibility index (Phi) is 5.15. The molecule has 0 saturated carbocycles. The molecule has 0 unspecified atom stereocenters. The SMILES string of the molecule is Cc1ccc(C2CCNCC2)c(OCCN2CCCC2)c1. The van der Waals surface area contributed by atoms with E-state index in [1.807, 2.05) is 0 Å². The zero-order valence-electron chi connectivity index (χ0n) is 13.2. The molecule has 0 bridgehead atoms. The lowest BCUT2D eigenvalue weighted by Crippen LogP contribution is -2.27. The molecule has 0 aliphatic carbocycles. The maximum absolute atomic E-state index is 6.17. The van der Waals surface area contributed by atoms with Crippen LogP contribution in [0.25, 0.3) is 0 Å². The van der Waals surface area contributed by atoms with Crippen LogP contribution in [-0.4, -0.2) is 44.2 Å². The minimum Gasteiger partial charge on any atom is -0.492 e. The van der Waals surface area contributed by atoms with Gasteiger partial charge in [0.05, 0.1) is 0 Å². The van der Waals surface area contributed by atoms with Gasteiger partial charge in [0.1, 0.15) is 12.4 Å². The Labute approximate surface area is 128 Å². The predicted molar refractivity (Wildman–Crippen MR) is 87.2 cm³/mol. The molecular formula is C18H28N2O. The Balaban J connectivity index is 1.62. The molecule has 2 aliphatic rings. The number of rotatable bonds is 5. The van der Waals surface area contributed by atoms with Crippen LogP contribution < -0.4 is 10.1 Å². The molecule has 21 heavy (non-hydrogen) atoms. The summed E-state index contributed by atoms with van der Waals surface area (Å²) in [7, 11) is 0. The van der Waals surface area contributed by atoms with Crippen LogP contribution in [-0.2, 0) is 0 Å². The number of hydrogen-bond acceptors (Lipinski definition) is 3. The highest BCUT2D eigenvalue weighted by Gasteiger charge is 2.19. The Morgan fingerprint density at radius 3 is 2.71 bits per heavy atom. The van der Waals surface area contributed by atoms with Crippen molar-refractivity contribution in [3.8, 4) is 5.75 Å². The second-order valence-electron chi connectivity index (χ2n) is 6.46. The zero-order valence-corrected chi connectivity index (χ0v) is 13.2. The number of nitrogens with one attached hydrogen (secondary N) is 1. The van der Waals surface area contributed by atoms with Crippen LogP contribution in [0.3, 0.4) is 0 Å². The highest BCUT2D eigenvalue weighted by atomic mass is 16.5. The molecule has 1 aromatic carbocycles. The average molecular weight is 288 g/mol. The lowest BCUT2D eigenvalue weighted by molar-refractivity contribution is 0.234. The monoisotopic (exact) mass is 288 g/mol. The van der Waals surface area contributed by atoms with Gasteiger partial charge < -0.3 is 10.1 Å². The second-order valence-corrected chi connectivity index (χ2v) is 6.46. The number of likely N-dealkylation sites (tertiary alicyclic amines) is 1. The third-order valence-electron chi connectivity index (χ3n) is 4.81. The van der Waals surface area contributed by atoms with Crippen molar-refractivity contribution in [2.24, 2.45) is 0 Å². The Hall–Kier alpha value is -1.06. The van der Waals surface area contributed by atoms with Crippen molar-refractivity contribution in [1.29, 1.82) is 0 Å². The van der Waals surface area contributed by atoms with Crippen LogP contribution in [0.4, 0.5) is 0 Å². The van der Waals surface area contributed by atoms with E-state index in [9.17, 15) is 0 Å². The van der Waals surface area contributed by atoms with Gasteiger partial charge in [0.15, 0.2) is 0 Å². The molecule has 3 heteroatoms. The van der Waals surface area contributed by atoms with Crippen LogP contribution in [0.15, 0.2) is 18.2 Å². The number of nitrogens with zero attached hydrogens (tertiary/aromatic N) is 1. The standard InChI is InChI=1S/C18H28N2O/c1-15-4-5-17(16-6-8-19-9-7-16)18(14-15)21-13-12-20-10-2-3-11-20/h4-5,14,16,19H,2-3,6-13H2,1H3. The summed E-state index contributed by atoms with van der Waals surface area (Å²) in [6.45, 7) is 8.80. The first-order valence-electron chi connectivity index (χ1n) is 8.49. The van der Waals surface area contributed by atoms with Crippen molar-refractivity contribution in [3.63, 3.8) is 0 Å². The molecule has 0 spiro atoms. The summed E-state index contributed by atoms with van der Waals surface area (Å²) in [6, 6.07) is 6.74. The maximum atomic E-state index is 6.17. The minimum absolute atomic E-state index is 0.661. The van der Waals surface area contributed by atoms with Crippen molar-refractivity contribution in [1.82, 2.24) is 10.2 Å². The molecule has 1 aromatic rings. The number of hydrogen-bond donors (Lipinski definition) is 1. The van der Waals surface area contributed by atoms with Gasteiger partial charge in [-0.2, -0.15) is 0 Å². The van der Waals surface area contributed by atoms with Crippen molar-refractivity contribution < 1.29 is 4.74 Å². The van der Waals surface area contributed by atoms with Gasteiger partial charge in [-0.05, 0) is 81.9 Å². The van der Waals surface area contributed by atoms with E-state index in [4.69, 9.17) is 4.74 Å². The first kappa shape index (κ1) is 14.9. The molecule has 1 N–H and O–H groups in total. The summed E-state index contributed by atoms with van der Waals surface area (Å²) in [5.74, 6) is 1.79. The quantitative estimate of drug-likeness (QED) is 0.901. The first-order valence-corrected chi connectivity index (χ1v) is 8.49. The van der Waals surface area contributed by atoms with Crippen molar-refractivity contribution in [2.45, 2.75) is 38.5 Å². The summed E-state index contributed by atoms with van der Waals surface area (Å²) < 4.78 is 6.17. The van der Waals surface area contributed by atoms with Gasteiger partial charge in [0.25, 0.3) is 0 Å². The van der Waals surface area contributed by atoms with Gasteiger partial charge in [-0.1, -0.05) is 12.1 Å². The Bertz CT molecular complexity index is 449. The molecule has 116 valence electrons. The minimum atomic E-state index is 0.661. The number of piperidine rings is 1. The van der Waals surface area contributed by atoms with Gasteiger partial charge in [-0.15, -0.1) is 0 Å². The third-order valence-corrected chi connectivity index (χ3v) is 4.81. The van der Waals surface area contributed by atoms with E-state index >= 15 is 0 Å². The molecule has 0 amide bonds. The van der Waals surface area contributed by atoms with Gasteiger partial charge in [0.2, 0.25) is 0 Å². The topological polar surface area (TPSA) is 24.5 Å². The summed E-state index contributed by atoms with van der Waals surface area (Å²) in [6.07, 6.45) is 5.16. The fourth-order valence-electron chi connectivity index (χ4n) is 3.53. The van der Waals surface area contributed by atoms with Crippen LogP contribution >= 0.6 is 0 Å². The predicted octanol–water partition coefficient (Wildman–Crippen LogP) is 2.94. The van der Waals surface area contributed by atoms with Gasteiger partial charge >= 0.3 is 0 Å². The lowest BCUT2D eigenvalue weighted by atomic mass is 9.89. The summed E-state index contributed by atoms with van der Waals surface area (Å²) in [5, 5.41) is 3.45. The molecular weight excluding hydrogens is 260 g/mol. The van der Waals surface area contributed by atoms with E-state index in [0.29, 0.717) is 5.92 Å². The maximum Gasteiger partial charge on any atom is 0.123 e. The summed E-state index contributed by atoms with van der Waals surface area (Å²) >= 11 is 0. The van der Waals surface area contributed by atoms with Crippen molar-refractivity contribution in [3.05, 3.63) is 29.3 Å². The molecule has 0 atom stereocenters. The summed E-state index contributed by atoms with van der Waals surface area (Å²) in [4.78, 5) is 2.51. The van der Waals surface area contributed by atoms with E-state index in [-0.39, 0.29) is 0 Å². The van der Waals surface area contributed by atoms with Gasteiger partial charge in [-0.3, -0.25) is 4.90 Å². The average Bonchev–Trinajstić information content (AvgIpc) is 3.02. The fraction of sp³-hybridized carbons (Fsp3) is 0.667. The van der Waals surface area contributed by atoms with E-state index in [1.54, 1.807) is 0 Å². The highest BCUT2D eigenvalue weighted by Crippen LogP contribution is 2.33. The Morgan fingerprint density at radius 2 is 1.95 bits per heavy atom. The van der Waals surface area contributed by atoms with Gasteiger partial charge in [-0.25, -0.2) is 0 Å². The molecule has 3 nitrogen and oxygen atoms in total. The van der Waals surface area contributed by atoms with Gasteiger partial charge in [0, 0.05) is 6.54 Å². The van der Waals surface area contributed by atoms with Crippen molar-refractivity contribution in [2.75, 3.05) is 39.3 Å². The smallest absolute Gasteiger partial charge is 0.123 e. The second kappa shape index (κ2) is 7.28. The normalized spacial score (nSPS) is 20.8. The van der Waals surface area contributed by atoms with E-state index in [0.717, 1.165) is 32.0 Å². The number of aryl methyl sites for hydroxylation is 1. The van der Waals surface area contributed by atoms with E-state index in [2.05, 4.69) is 35.3 Å². The highest BCUT2D eigenvalue weighted by molar-refractivity contribution is 5.40. The molecule has 2 heterocycles. The molecule has 2 saturated heterocycles.